The molecule has 2 heterocycles. The predicted octanol–water partition coefficient (Wildman–Crippen LogP) is 12.5. The van der Waals surface area contributed by atoms with E-state index in [9.17, 15) is 0 Å². The highest BCUT2D eigenvalue weighted by Gasteiger charge is 2.23. The summed E-state index contributed by atoms with van der Waals surface area (Å²) in [6.07, 6.45) is 7.51. The Morgan fingerprint density at radius 1 is 0.510 bits per heavy atom. The minimum atomic E-state index is 0.316. The van der Waals surface area contributed by atoms with Crippen LogP contribution < -0.4 is 0 Å². The summed E-state index contributed by atoms with van der Waals surface area (Å²) in [5, 5.41) is 5.03. The van der Waals surface area contributed by atoms with E-state index in [1.807, 2.05) is 17.5 Å². The summed E-state index contributed by atoms with van der Waals surface area (Å²) in [5.74, 6) is 0.316. The first kappa shape index (κ1) is 28.1. The van der Waals surface area contributed by atoms with Crippen molar-refractivity contribution < 1.29 is 0 Å². The third-order valence-electron chi connectivity index (χ3n) is 10.1. The van der Waals surface area contributed by atoms with Crippen LogP contribution >= 0.6 is 11.3 Å². The molecular formula is C46H30N2S. The molecule has 0 amide bonds. The van der Waals surface area contributed by atoms with Crippen molar-refractivity contribution in [2.24, 2.45) is 0 Å². The summed E-state index contributed by atoms with van der Waals surface area (Å²) in [7, 11) is 0. The fraction of sp³-hybridized carbons (Fsp3) is 0.0435. The fourth-order valence-electron chi connectivity index (χ4n) is 7.60. The van der Waals surface area contributed by atoms with Gasteiger partial charge in [0.25, 0.3) is 0 Å². The van der Waals surface area contributed by atoms with E-state index in [1.54, 1.807) is 0 Å². The van der Waals surface area contributed by atoms with Crippen molar-refractivity contribution in [1.29, 1.82) is 0 Å². The topological polar surface area (TPSA) is 25.8 Å². The van der Waals surface area contributed by atoms with Gasteiger partial charge in [0.2, 0.25) is 0 Å². The zero-order chi connectivity index (χ0) is 32.3. The monoisotopic (exact) mass is 642 g/mol. The lowest BCUT2D eigenvalue weighted by atomic mass is 9.81. The normalized spacial score (nSPS) is 14.2. The number of thiophene rings is 1. The Kier molecular flexibility index (Phi) is 6.53. The summed E-state index contributed by atoms with van der Waals surface area (Å²) < 4.78 is 2.64. The van der Waals surface area contributed by atoms with Crippen molar-refractivity contribution in [3.63, 3.8) is 0 Å². The van der Waals surface area contributed by atoms with Crippen LogP contribution in [-0.2, 0) is 6.42 Å². The maximum absolute atomic E-state index is 5.38. The molecule has 0 aliphatic heterocycles. The van der Waals surface area contributed by atoms with Crippen LogP contribution in [0.5, 0.6) is 0 Å². The van der Waals surface area contributed by atoms with Gasteiger partial charge >= 0.3 is 0 Å². The van der Waals surface area contributed by atoms with Crippen LogP contribution in [0.1, 0.15) is 22.6 Å². The molecule has 1 aliphatic rings. The molecular weight excluding hydrogens is 613 g/mol. The molecule has 7 aromatic carbocycles. The smallest absolute Gasteiger partial charge is 0.0979 e. The second kappa shape index (κ2) is 11.4. The zero-order valence-electron chi connectivity index (χ0n) is 26.7. The molecule has 1 aliphatic carbocycles. The summed E-state index contributed by atoms with van der Waals surface area (Å²) >= 11 is 1.85. The molecule has 1 atom stereocenters. The molecule has 2 aromatic heterocycles. The third kappa shape index (κ3) is 4.77. The number of nitrogens with zero attached hydrogens (tertiary/aromatic N) is 2. The molecule has 0 fully saturated rings. The van der Waals surface area contributed by atoms with E-state index >= 15 is 0 Å². The van der Waals surface area contributed by atoms with E-state index in [-0.39, 0.29) is 0 Å². The van der Waals surface area contributed by atoms with E-state index in [0.29, 0.717) is 5.92 Å². The number of allylic oxidation sites excluding steroid dienone is 1. The number of hydrogen-bond donors (Lipinski definition) is 0. The van der Waals surface area contributed by atoms with Gasteiger partial charge < -0.3 is 0 Å². The highest BCUT2D eigenvalue weighted by atomic mass is 32.1. The van der Waals surface area contributed by atoms with Crippen LogP contribution in [0.25, 0.3) is 81.6 Å². The van der Waals surface area contributed by atoms with Crippen molar-refractivity contribution in [2.75, 3.05) is 0 Å². The Morgan fingerprint density at radius 2 is 1.20 bits per heavy atom. The average molecular weight is 643 g/mol. The third-order valence-corrected chi connectivity index (χ3v) is 11.2. The van der Waals surface area contributed by atoms with Gasteiger partial charge in [0.1, 0.15) is 0 Å². The zero-order valence-corrected chi connectivity index (χ0v) is 27.5. The van der Waals surface area contributed by atoms with E-state index in [0.717, 1.165) is 34.1 Å². The molecule has 0 saturated carbocycles. The van der Waals surface area contributed by atoms with Gasteiger partial charge in [0.15, 0.2) is 0 Å². The first-order valence-electron chi connectivity index (χ1n) is 16.8. The first-order chi connectivity index (χ1) is 24.3. The lowest BCUT2D eigenvalue weighted by Crippen LogP contribution is -2.08. The standard InChI is InChI=1S/C46H30N2S/c1-3-10-29(11-4-1)32-18-21-37-39(25-32)40-26-33(30-12-5-2-6-13-30)19-22-38(40)46-45(37)47-28-42(48-46)35-15-9-14-31(24-35)34-20-23-44-41(27-34)36-16-7-8-17-43(36)49-44/h1-24,26-28,32H,25H2. The maximum atomic E-state index is 5.38. The van der Waals surface area contributed by atoms with Crippen molar-refractivity contribution in [1.82, 2.24) is 9.97 Å². The molecule has 1 unspecified atom stereocenters. The molecule has 3 heteroatoms. The van der Waals surface area contributed by atoms with Crippen LogP contribution in [0.3, 0.4) is 0 Å². The lowest BCUT2D eigenvalue weighted by Gasteiger charge is -2.23. The molecule has 230 valence electrons. The molecule has 0 spiro atoms. The highest BCUT2D eigenvalue weighted by Crippen LogP contribution is 2.41. The molecule has 0 radical (unpaired) electrons. The van der Waals surface area contributed by atoms with E-state index in [1.165, 1.54) is 64.5 Å². The molecule has 9 aromatic rings. The number of benzene rings is 7. The Labute approximate surface area is 288 Å². The van der Waals surface area contributed by atoms with Crippen molar-refractivity contribution in [2.45, 2.75) is 12.3 Å². The Morgan fingerprint density at radius 3 is 2.10 bits per heavy atom. The second-order valence-corrected chi connectivity index (χ2v) is 14.0. The van der Waals surface area contributed by atoms with Crippen LogP contribution in [0.4, 0.5) is 0 Å². The van der Waals surface area contributed by atoms with Crippen molar-refractivity contribution in [3.05, 3.63) is 175 Å². The van der Waals surface area contributed by atoms with Crippen LogP contribution in [0.2, 0.25) is 0 Å². The maximum Gasteiger partial charge on any atom is 0.0979 e. The molecule has 49 heavy (non-hydrogen) atoms. The molecule has 10 rings (SSSR count). The second-order valence-electron chi connectivity index (χ2n) is 12.9. The highest BCUT2D eigenvalue weighted by molar-refractivity contribution is 7.25. The van der Waals surface area contributed by atoms with E-state index in [4.69, 9.17) is 9.97 Å². The summed E-state index contributed by atoms with van der Waals surface area (Å²) in [5.41, 5.74) is 12.5. The lowest BCUT2D eigenvalue weighted by molar-refractivity contribution is 0.834. The molecule has 0 saturated heterocycles. The van der Waals surface area contributed by atoms with Crippen LogP contribution in [0.15, 0.2) is 158 Å². The predicted molar refractivity (Wildman–Crippen MR) is 208 cm³/mol. The SMILES string of the molecule is C1=CC(c2ccccc2)Cc2c1c1ncc(-c3cccc(-c4ccc5sc6ccccc6c5c4)c3)nc1c1ccc(-c3ccccc3)cc21. The van der Waals surface area contributed by atoms with Gasteiger partial charge in [0, 0.05) is 42.6 Å². The Balaban J connectivity index is 1.12. The quantitative estimate of drug-likeness (QED) is 0.179. The van der Waals surface area contributed by atoms with Crippen molar-refractivity contribution >= 4 is 59.4 Å². The first-order valence-corrected chi connectivity index (χ1v) is 17.6. The largest absolute Gasteiger partial charge is 0.252 e. The van der Waals surface area contributed by atoms with E-state index in [2.05, 4.69) is 158 Å². The number of rotatable bonds is 4. The molecule has 2 nitrogen and oxygen atoms in total. The average Bonchev–Trinajstić information content (AvgIpc) is 3.56. The minimum Gasteiger partial charge on any atom is -0.252 e. The van der Waals surface area contributed by atoms with Gasteiger partial charge in [-0.3, -0.25) is 4.98 Å². The number of fused-ring (bicyclic) bond motifs is 9. The summed E-state index contributed by atoms with van der Waals surface area (Å²) in [4.78, 5) is 10.5. The van der Waals surface area contributed by atoms with E-state index < -0.39 is 0 Å². The number of aromatic nitrogens is 2. The van der Waals surface area contributed by atoms with Gasteiger partial charge in [-0.25, -0.2) is 4.98 Å². The summed E-state index contributed by atoms with van der Waals surface area (Å²) in [6, 6.07) is 52.6. The summed E-state index contributed by atoms with van der Waals surface area (Å²) in [6.45, 7) is 0. The van der Waals surface area contributed by atoms with Gasteiger partial charge in [-0.1, -0.05) is 127 Å². The van der Waals surface area contributed by atoms with Gasteiger partial charge in [-0.05, 0) is 75.5 Å². The Bertz CT molecular complexity index is 2740. The molecule has 0 N–H and O–H groups in total. The van der Waals surface area contributed by atoms with Crippen molar-refractivity contribution in [3.8, 4) is 33.5 Å². The minimum absolute atomic E-state index is 0.316. The fourth-order valence-corrected chi connectivity index (χ4v) is 8.69. The van der Waals surface area contributed by atoms with Gasteiger partial charge in [-0.15, -0.1) is 11.3 Å². The molecule has 0 bridgehead atoms. The van der Waals surface area contributed by atoms with Crippen LogP contribution in [0, 0.1) is 0 Å². The number of hydrogen-bond acceptors (Lipinski definition) is 3. The van der Waals surface area contributed by atoms with Gasteiger partial charge in [-0.2, -0.15) is 0 Å². The van der Waals surface area contributed by atoms with Crippen LogP contribution in [-0.4, -0.2) is 9.97 Å². The Hall–Kier alpha value is -5.90. The van der Waals surface area contributed by atoms with Gasteiger partial charge in [0.05, 0.1) is 22.9 Å².